The third-order valence-electron chi connectivity index (χ3n) is 5.57. The number of hydrogen-bond donors (Lipinski definition) is 5. The van der Waals surface area contributed by atoms with Crippen LogP contribution in [-0.2, 0) is 26.6 Å². The monoisotopic (exact) mass is 535 g/mol. The molecule has 1 fully saturated rings. The average Bonchev–Trinajstić information content (AvgIpc) is 3.58. The lowest BCUT2D eigenvalue weighted by atomic mass is 9.98. The van der Waals surface area contributed by atoms with Crippen molar-refractivity contribution in [1.29, 1.82) is 0 Å². The molecule has 0 bridgehead atoms. The van der Waals surface area contributed by atoms with E-state index in [0.29, 0.717) is 41.2 Å². The molecule has 1 aliphatic rings. The fourth-order valence-corrected chi connectivity index (χ4v) is 7.85. The van der Waals surface area contributed by atoms with Gasteiger partial charge in [-0.3, -0.25) is 0 Å². The van der Waals surface area contributed by atoms with Gasteiger partial charge in [-0.05, 0) is 35.9 Å². The third kappa shape index (κ3) is 4.44. The molecule has 16 heteroatoms. The van der Waals surface area contributed by atoms with E-state index in [2.05, 4.69) is 35.6 Å². The highest BCUT2D eigenvalue weighted by Gasteiger charge is 2.34. The van der Waals surface area contributed by atoms with Gasteiger partial charge in [0.2, 0.25) is 25.9 Å². The number of primary sulfonamides is 1. The minimum Gasteiger partial charge on any atom is -0.325 e. The first kappa shape index (κ1) is 23.9. The van der Waals surface area contributed by atoms with Gasteiger partial charge in [-0.2, -0.15) is 5.21 Å². The zero-order chi connectivity index (χ0) is 24.8. The quantitative estimate of drug-likeness (QED) is 0.212. The number of nitrogens with two attached hydrogens (primary N) is 2. The molecule has 1 saturated heterocycles. The Labute approximate surface area is 204 Å². The molecule has 7 N–H and O–H groups in total. The second-order valence-corrected chi connectivity index (χ2v) is 12.2. The van der Waals surface area contributed by atoms with Crippen molar-refractivity contribution in [3.05, 3.63) is 35.3 Å². The summed E-state index contributed by atoms with van der Waals surface area (Å²) in [6.07, 6.45) is 0.565. The normalized spacial score (nSPS) is 16.8. The summed E-state index contributed by atoms with van der Waals surface area (Å²) in [6, 6.07) is 7.72. The van der Waals surface area contributed by atoms with Gasteiger partial charge in [-0.15, -0.1) is 21.5 Å². The van der Waals surface area contributed by atoms with Crippen LogP contribution in [0.25, 0.3) is 32.7 Å². The van der Waals surface area contributed by atoms with Gasteiger partial charge in [0, 0.05) is 24.7 Å². The van der Waals surface area contributed by atoms with Gasteiger partial charge < -0.3 is 11.1 Å². The van der Waals surface area contributed by atoms with Crippen LogP contribution in [0.2, 0.25) is 0 Å². The maximum absolute atomic E-state index is 13.3. The van der Waals surface area contributed by atoms with Crippen molar-refractivity contribution in [2.45, 2.75) is 28.8 Å². The first-order valence-corrected chi connectivity index (χ1v) is 14.3. The number of thiazole rings is 1. The van der Waals surface area contributed by atoms with Crippen LogP contribution in [0.3, 0.4) is 0 Å². The second kappa shape index (κ2) is 8.98. The molecule has 1 aliphatic heterocycles. The highest BCUT2D eigenvalue weighted by Crippen LogP contribution is 2.41. The molecule has 0 radical (unpaired) electrons. The summed E-state index contributed by atoms with van der Waals surface area (Å²) in [4.78, 5) is 3.45. The van der Waals surface area contributed by atoms with Gasteiger partial charge in [0.25, 0.3) is 0 Å². The smallest absolute Gasteiger partial charge is 0.242 e. The molecule has 35 heavy (non-hydrogen) atoms. The first-order valence-electron chi connectivity index (χ1n) is 10.4. The van der Waals surface area contributed by atoms with Gasteiger partial charge in [0.1, 0.15) is 14.8 Å². The number of tetrazole rings is 1. The van der Waals surface area contributed by atoms with Crippen LogP contribution in [0.4, 0.5) is 0 Å². The number of rotatable bonds is 7. The Morgan fingerprint density at radius 2 is 1.97 bits per heavy atom. The maximum Gasteiger partial charge on any atom is 0.242 e. The van der Waals surface area contributed by atoms with Crippen molar-refractivity contribution in [3.63, 3.8) is 0 Å². The first-order chi connectivity index (χ1) is 16.7. The van der Waals surface area contributed by atoms with Crippen molar-refractivity contribution in [2.75, 3.05) is 13.1 Å². The van der Waals surface area contributed by atoms with E-state index in [0.717, 1.165) is 4.70 Å². The Morgan fingerprint density at radius 1 is 1.14 bits per heavy atom. The molecule has 1 unspecified atom stereocenters. The molecule has 184 valence electrons. The molecule has 4 aromatic rings. The number of para-hydroxylation sites is 1. The number of nitrogens with zero attached hydrogens (tertiary/aromatic N) is 4. The summed E-state index contributed by atoms with van der Waals surface area (Å²) in [5.74, 6) is -0.130. The predicted octanol–water partition coefficient (Wildman–Crippen LogP) is -0.110. The summed E-state index contributed by atoms with van der Waals surface area (Å²) in [5, 5.41) is 23.1. The molecule has 0 amide bonds. The Bertz CT molecular complexity index is 1610. The van der Waals surface area contributed by atoms with Crippen molar-refractivity contribution in [2.24, 2.45) is 10.9 Å². The number of aromatic amines is 1. The molecule has 0 spiro atoms. The van der Waals surface area contributed by atoms with Gasteiger partial charge in [-0.25, -0.2) is 31.7 Å². The van der Waals surface area contributed by atoms with E-state index < -0.39 is 29.8 Å². The molecule has 0 aliphatic carbocycles. The van der Waals surface area contributed by atoms with Crippen LogP contribution in [0.5, 0.6) is 0 Å². The van der Waals surface area contributed by atoms with Crippen LogP contribution in [0, 0.1) is 0 Å². The lowest BCUT2D eigenvalue weighted by molar-refractivity contribution is 0.555. The van der Waals surface area contributed by atoms with E-state index in [-0.39, 0.29) is 24.0 Å². The van der Waals surface area contributed by atoms with Gasteiger partial charge in [0.15, 0.2) is 0 Å². The molecular weight excluding hydrogens is 514 g/mol. The summed E-state index contributed by atoms with van der Waals surface area (Å²) >= 11 is 1.40. The zero-order valence-corrected chi connectivity index (χ0v) is 20.5. The standard InChI is InChI=1S/C19H21N9O4S3/c20-8-15-23-17-12(2-1-3-13(17)33-15)11-4-5-14(35(31,32)26-10-6-7-22-9-10)18(34(21,29)30)16(11)19-24-27-28-25-19/h1-5,10,22,26H,6-9,20H2,(H2,21,29,30)(H,24,25,27,28). The highest BCUT2D eigenvalue weighted by atomic mass is 32.2. The van der Waals surface area contributed by atoms with E-state index in [1.807, 2.05) is 6.07 Å². The number of benzene rings is 2. The molecular formula is C19H21N9O4S3. The number of fused-ring (bicyclic) bond motifs is 1. The number of H-pyrrole nitrogens is 1. The summed E-state index contributed by atoms with van der Waals surface area (Å²) < 4.78 is 55.9. The van der Waals surface area contributed by atoms with E-state index in [4.69, 9.17) is 10.9 Å². The highest BCUT2D eigenvalue weighted by molar-refractivity contribution is 7.92. The van der Waals surface area contributed by atoms with Crippen LogP contribution in [0.1, 0.15) is 11.4 Å². The van der Waals surface area contributed by atoms with Crippen molar-refractivity contribution < 1.29 is 16.8 Å². The SMILES string of the molecule is NCc1nc2c(-c3ccc(S(=O)(=O)NC4CCNC4)c(S(N)(=O)=O)c3-c3nn[nH]n3)cccc2s1. The third-order valence-corrected chi connectivity index (χ3v) is 9.30. The van der Waals surface area contributed by atoms with E-state index >= 15 is 0 Å². The van der Waals surface area contributed by atoms with E-state index in [1.54, 1.807) is 12.1 Å². The molecule has 3 heterocycles. The molecule has 13 nitrogen and oxygen atoms in total. The van der Waals surface area contributed by atoms with E-state index in [1.165, 1.54) is 23.5 Å². The van der Waals surface area contributed by atoms with Gasteiger partial charge >= 0.3 is 0 Å². The van der Waals surface area contributed by atoms with Gasteiger partial charge in [-0.1, -0.05) is 18.2 Å². The van der Waals surface area contributed by atoms with Crippen LogP contribution < -0.4 is 20.9 Å². The number of aromatic nitrogens is 5. The molecule has 5 rings (SSSR count). The van der Waals surface area contributed by atoms with Crippen LogP contribution in [0.15, 0.2) is 40.1 Å². The minimum absolute atomic E-state index is 0.0940. The second-order valence-electron chi connectivity index (χ2n) is 7.87. The Kier molecular flexibility index (Phi) is 6.12. The van der Waals surface area contributed by atoms with Gasteiger partial charge in [0.05, 0.1) is 15.8 Å². The van der Waals surface area contributed by atoms with E-state index in [9.17, 15) is 16.8 Å². The van der Waals surface area contributed by atoms with Crippen LogP contribution in [-0.4, -0.2) is 61.6 Å². The summed E-state index contributed by atoms with van der Waals surface area (Å²) in [6.45, 7) is 1.30. The van der Waals surface area contributed by atoms with Crippen molar-refractivity contribution in [3.8, 4) is 22.5 Å². The lowest BCUT2D eigenvalue weighted by Gasteiger charge is -2.18. The van der Waals surface area contributed by atoms with Crippen LogP contribution >= 0.6 is 11.3 Å². The summed E-state index contributed by atoms with van der Waals surface area (Å²) in [7, 11) is -8.86. The molecule has 2 aromatic carbocycles. The number of hydrogen-bond acceptors (Lipinski definition) is 11. The fraction of sp³-hybridized carbons (Fsp3) is 0.263. The van der Waals surface area contributed by atoms with Crippen molar-refractivity contribution >= 4 is 41.6 Å². The zero-order valence-electron chi connectivity index (χ0n) is 18.1. The number of sulfonamides is 2. The molecule has 0 saturated carbocycles. The number of nitrogens with one attached hydrogen (secondary N) is 3. The predicted molar refractivity (Wildman–Crippen MR) is 129 cm³/mol. The Hall–Kier alpha value is -2.86. The topological polar surface area (TPSA) is 212 Å². The average molecular weight is 536 g/mol. The molecule has 1 atom stereocenters. The maximum atomic E-state index is 13.3. The minimum atomic E-state index is -4.58. The largest absolute Gasteiger partial charge is 0.325 e. The molecule has 2 aromatic heterocycles. The van der Waals surface area contributed by atoms with Crippen molar-refractivity contribution in [1.82, 2.24) is 35.6 Å². The summed E-state index contributed by atoms with van der Waals surface area (Å²) in [5.41, 5.74) is 7.12. The Balaban J connectivity index is 1.82. The lowest BCUT2D eigenvalue weighted by Crippen LogP contribution is -2.37. The fourth-order valence-electron chi connectivity index (χ4n) is 4.11. The Morgan fingerprint density at radius 3 is 2.63 bits per heavy atom.